The van der Waals surface area contributed by atoms with Gasteiger partial charge in [-0.25, -0.2) is 0 Å². The van der Waals surface area contributed by atoms with Crippen molar-refractivity contribution in [3.05, 3.63) is 23.8 Å². The van der Waals surface area contributed by atoms with Crippen molar-refractivity contribution in [3.63, 3.8) is 0 Å². The fraction of sp³-hybridized carbons (Fsp3) is 0.533. The molecule has 1 aliphatic carbocycles. The monoisotopic (exact) mass is 263 g/mol. The first-order valence-corrected chi connectivity index (χ1v) is 6.80. The van der Waals surface area contributed by atoms with E-state index in [1.165, 1.54) is 37.5 Å². The SMILES string of the molecule is CC1(CNC(=O)c2ccc(O)c(O)c2)CCCCC1. The maximum atomic E-state index is 12.0. The highest BCUT2D eigenvalue weighted by atomic mass is 16.3. The number of phenols is 2. The van der Waals surface area contributed by atoms with Gasteiger partial charge in [-0.1, -0.05) is 26.2 Å². The molecule has 0 unspecified atom stereocenters. The number of amides is 1. The smallest absolute Gasteiger partial charge is 0.251 e. The lowest BCUT2D eigenvalue weighted by atomic mass is 9.76. The molecule has 3 N–H and O–H groups in total. The molecule has 4 nitrogen and oxygen atoms in total. The Labute approximate surface area is 113 Å². The van der Waals surface area contributed by atoms with Gasteiger partial charge in [0.15, 0.2) is 11.5 Å². The molecule has 0 spiro atoms. The van der Waals surface area contributed by atoms with E-state index < -0.39 is 0 Å². The molecule has 0 aromatic heterocycles. The normalized spacial score (nSPS) is 17.9. The van der Waals surface area contributed by atoms with E-state index in [4.69, 9.17) is 0 Å². The van der Waals surface area contributed by atoms with E-state index in [2.05, 4.69) is 12.2 Å². The molecule has 1 amide bonds. The predicted molar refractivity (Wildman–Crippen MR) is 73.3 cm³/mol. The van der Waals surface area contributed by atoms with E-state index in [-0.39, 0.29) is 22.8 Å². The number of carbonyl (C=O) groups excluding carboxylic acids is 1. The highest BCUT2D eigenvalue weighted by Crippen LogP contribution is 2.35. The van der Waals surface area contributed by atoms with E-state index in [1.54, 1.807) is 0 Å². The molecule has 1 saturated carbocycles. The predicted octanol–water partition coefficient (Wildman–Crippen LogP) is 2.80. The van der Waals surface area contributed by atoms with Gasteiger partial charge in [0, 0.05) is 12.1 Å². The standard InChI is InChI=1S/C15H21NO3/c1-15(7-3-2-4-8-15)10-16-14(19)11-5-6-12(17)13(18)9-11/h5-6,9,17-18H,2-4,7-8,10H2,1H3,(H,16,19). The van der Waals surface area contributed by atoms with Gasteiger partial charge in [0.25, 0.3) is 5.91 Å². The summed E-state index contributed by atoms with van der Waals surface area (Å²) in [6.07, 6.45) is 6.04. The molecule has 4 heteroatoms. The van der Waals surface area contributed by atoms with Crippen LogP contribution < -0.4 is 5.32 Å². The van der Waals surface area contributed by atoms with E-state index in [0.717, 1.165) is 12.8 Å². The molecule has 2 rings (SSSR count). The first-order chi connectivity index (χ1) is 9.00. The van der Waals surface area contributed by atoms with Gasteiger partial charge in [-0.3, -0.25) is 4.79 Å². The van der Waals surface area contributed by atoms with Crippen molar-refractivity contribution in [3.8, 4) is 11.5 Å². The van der Waals surface area contributed by atoms with Crippen LogP contribution in [0.15, 0.2) is 18.2 Å². The molecule has 1 aromatic rings. The fourth-order valence-electron chi connectivity index (χ4n) is 2.64. The molecular weight excluding hydrogens is 242 g/mol. The lowest BCUT2D eigenvalue weighted by molar-refractivity contribution is 0.0919. The summed E-state index contributed by atoms with van der Waals surface area (Å²) in [4.78, 5) is 12.0. The van der Waals surface area contributed by atoms with Gasteiger partial charge in [-0.2, -0.15) is 0 Å². The summed E-state index contributed by atoms with van der Waals surface area (Å²) in [6, 6.07) is 4.12. The third kappa shape index (κ3) is 3.40. The summed E-state index contributed by atoms with van der Waals surface area (Å²) >= 11 is 0. The van der Waals surface area contributed by atoms with Gasteiger partial charge in [-0.05, 0) is 36.5 Å². The Morgan fingerprint density at radius 3 is 2.53 bits per heavy atom. The molecule has 0 atom stereocenters. The van der Waals surface area contributed by atoms with Crippen LogP contribution >= 0.6 is 0 Å². The van der Waals surface area contributed by atoms with E-state index in [1.807, 2.05) is 0 Å². The summed E-state index contributed by atoms with van der Waals surface area (Å²) in [5, 5.41) is 21.5. The quantitative estimate of drug-likeness (QED) is 0.734. The van der Waals surface area contributed by atoms with Crippen molar-refractivity contribution >= 4 is 5.91 Å². The van der Waals surface area contributed by atoms with Crippen molar-refractivity contribution in [1.82, 2.24) is 5.32 Å². The second-order valence-electron chi connectivity index (χ2n) is 5.76. The highest BCUT2D eigenvalue weighted by molar-refractivity contribution is 5.94. The lowest BCUT2D eigenvalue weighted by Crippen LogP contribution is -2.36. The number of phenolic OH excluding ortho intramolecular Hbond substituents is 2. The largest absolute Gasteiger partial charge is 0.504 e. The fourth-order valence-corrected chi connectivity index (χ4v) is 2.64. The summed E-state index contributed by atoms with van der Waals surface area (Å²) in [5.41, 5.74) is 0.557. The molecule has 1 fully saturated rings. The summed E-state index contributed by atoms with van der Waals surface area (Å²) in [5.74, 6) is -0.686. The topological polar surface area (TPSA) is 69.6 Å². The third-order valence-corrected chi connectivity index (χ3v) is 3.97. The molecule has 1 aromatic carbocycles. The zero-order valence-electron chi connectivity index (χ0n) is 11.3. The van der Waals surface area contributed by atoms with Crippen LogP contribution in [0.3, 0.4) is 0 Å². The molecule has 0 radical (unpaired) electrons. The second-order valence-corrected chi connectivity index (χ2v) is 5.76. The summed E-state index contributed by atoms with van der Waals surface area (Å²) < 4.78 is 0. The van der Waals surface area contributed by atoms with Gasteiger partial charge in [0.1, 0.15) is 0 Å². The van der Waals surface area contributed by atoms with Crippen LogP contribution in [-0.4, -0.2) is 22.7 Å². The number of rotatable bonds is 3. The van der Waals surface area contributed by atoms with Gasteiger partial charge < -0.3 is 15.5 Å². The zero-order valence-corrected chi connectivity index (χ0v) is 11.3. The molecule has 0 saturated heterocycles. The molecular formula is C15H21NO3. The summed E-state index contributed by atoms with van der Waals surface area (Å²) in [6.45, 7) is 2.87. The Morgan fingerprint density at radius 2 is 1.89 bits per heavy atom. The van der Waals surface area contributed by atoms with Crippen molar-refractivity contribution in [2.75, 3.05) is 6.54 Å². The zero-order chi connectivity index (χ0) is 13.9. The van der Waals surface area contributed by atoms with Crippen LogP contribution in [0.25, 0.3) is 0 Å². The first kappa shape index (κ1) is 13.7. The lowest BCUT2D eigenvalue weighted by Gasteiger charge is -2.33. The van der Waals surface area contributed by atoms with Gasteiger partial charge in [-0.15, -0.1) is 0 Å². The van der Waals surface area contributed by atoms with Gasteiger partial charge >= 0.3 is 0 Å². The van der Waals surface area contributed by atoms with Crippen LogP contribution in [0, 0.1) is 5.41 Å². The maximum Gasteiger partial charge on any atom is 0.251 e. The second kappa shape index (κ2) is 5.51. The Kier molecular flexibility index (Phi) is 3.98. The maximum absolute atomic E-state index is 12.0. The van der Waals surface area contributed by atoms with Crippen molar-refractivity contribution < 1.29 is 15.0 Å². The number of hydrogen-bond acceptors (Lipinski definition) is 3. The average Bonchev–Trinajstić information content (AvgIpc) is 2.40. The molecule has 0 bridgehead atoms. The molecule has 0 aliphatic heterocycles. The van der Waals surface area contributed by atoms with E-state index in [0.29, 0.717) is 12.1 Å². The molecule has 19 heavy (non-hydrogen) atoms. The Balaban J connectivity index is 1.95. The number of aromatic hydroxyl groups is 2. The van der Waals surface area contributed by atoms with E-state index in [9.17, 15) is 15.0 Å². The number of carbonyl (C=O) groups is 1. The summed E-state index contributed by atoms with van der Waals surface area (Å²) in [7, 11) is 0. The van der Waals surface area contributed by atoms with Crippen LogP contribution in [0.4, 0.5) is 0 Å². The third-order valence-electron chi connectivity index (χ3n) is 3.97. The Bertz CT molecular complexity index is 464. The number of hydrogen-bond donors (Lipinski definition) is 3. The van der Waals surface area contributed by atoms with Crippen LogP contribution in [-0.2, 0) is 0 Å². The van der Waals surface area contributed by atoms with Gasteiger partial charge in [0.2, 0.25) is 0 Å². The Hall–Kier alpha value is -1.71. The first-order valence-electron chi connectivity index (χ1n) is 6.80. The minimum absolute atomic E-state index is 0.187. The molecule has 1 aliphatic rings. The number of benzene rings is 1. The van der Waals surface area contributed by atoms with Crippen molar-refractivity contribution in [2.24, 2.45) is 5.41 Å². The minimum Gasteiger partial charge on any atom is -0.504 e. The minimum atomic E-state index is -0.267. The average molecular weight is 263 g/mol. The highest BCUT2D eigenvalue weighted by Gasteiger charge is 2.27. The number of nitrogens with one attached hydrogen (secondary N) is 1. The van der Waals surface area contributed by atoms with E-state index >= 15 is 0 Å². The van der Waals surface area contributed by atoms with Crippen LogP contribution in [0.5, 0.6) is 11.5 Å². The van der Waals surface area contributed by atoms with Gasteiger partial charge in [0.05, 0.1) is 0 Å². The van der Waals surface area contributed by atoms with Crippen molar-refractivity contribution in [1.29, 1.82) is 0 Å². The van der Waals surface area contributed by atoms with Crippen molar-refractivity contribution in [2.45, 2.75) is 39.0 Å². The van der Waals surface area contributed by atoms with Crippen LogP contribution in [0.1, 0.15) is 49.4 Å². The molecule has 104 valence electrons. The molecule has 0 heterocycles. The Morgan fingerprint density at radius 1 is 1.21 bits per heavy atom. The van der Waals surface area contributed by atoms with Crippen LogP contribution in [0.2, 0.25) is 0 Å².